The molecule has 0 aliphatic heterocycles. The molecule has 29 heavy (non-hydrogen) atoms. The monoisotopic (exact) mass is 415 g/mol. The summed E-state index contributed by atoms with van der Waals surface area (Å²) in [6.45, 7) is 5.79. The Morgan fingerprint density at radius 3 is 2.48 bits per heavy atom. The summed E-state index contributed by atoms with van der Waals surface area (Å²) in [5.74, 6) is 0.693. The van der Waals surface area contributed by atoms with E-state index in [0.29, 0.717) is 17.0 Å². The third-order valence-electron chi connectivity index (χ3n) is 4.55. The number of hydrogen-bond acceptors (Lipinski definition) is 6. The van der Waals surface area contributed by atoms with Gasteiger partial charge in [-0.25, -0.2) is 18.4 Å². The number of nitrogens with one attached hydrogen (secondary N) is 1. The van der Waals surface area contributed by atoms with Gasteiger partial charge in [0.15, 0.2) is 9.84 Å². The molecule has 154 valence electrons. The molecule has 0 aliphatic rings. The van der Waals surface area contributed by atoms with Crippen LogP contribution in [0, 0.1) is 0 Å². The maximum Gasteiger partial charge on any atom is 0.244 e. The minimum atomic E-state index is -3.29. The molecule has 9 heteroatoms. The Kier molecular flexibility index (Phi) is 6.17. The zero-order valence-electron chi connectivity index (χ0n) is 16.8. The second-order valence-electron chi connectivity index (χ2n) is 6.80. The van der Waals surface area contributed by atoms with Crippen molar-refractivity contribution in [3.63, 3.8) is 0 Å². The van der Waals surface area contributed by atoms with Crippen molar-refractivity contribution in [2.75, 3.05) is 29.6 Å². The first-order valence-corrected chi connectivity index (χ1v) is 11.5. The van der Waals surface area contributed by atoms with E-state index >= 15 is 0 Å². The second kappa shape index (κ2) is 8.60. The molecule has 2 heterocycles. The van der Waals surface area contributed by atoms with Gasteiger partial charge in [0, 0.05) is 19.3 Å². The second-order valence-corrected chi connectivity index (χ2v) is 8.94. The number of carbonyl (C=O) groups excluding carboxylic acids is 1. The van der Waals surface area contributed by atoms with E-state index < -0.39 is 9.84 Å². The van der Waals surface area contributed by atoms with Crippen LogP contribution in [0.5, 0.6) is 0 Å². The lowest BCUT2D eigenvalue weighted by atomic mass is 10.3. The van der Waals surface area contributed by atoms with E-state index in [-0.39, 0.29) is 18.2 Å². The smallest absolute Gasteiger partial charge is 0.244 e. The van der Waals surface area contributed by atoms with E-state index in [9.17, 15) is 13.2 Å². The van der Waals surface area contributed by atoms with Crippen LogP contribution in [-0.2, 0) is 26.9 Å². The summed E-state index contributed by atoms with van der Waals surface area (Å²) in [4.78, 5) is 23.5. The lowest BCUT2D eigenvalue weighted by molar-refractivity contribution is -0.116. The van der Waals surface area contributed by atoms with Gasteiger partial charge in [-0.3, -0.25) is 4.79 Å². The number of fused-ring (bicyclic) bond motifs is 1. The van der Waals surface area contributed by atoms with Crippen molar-refractivity contribution in [3.8, 4) is 0 Å². The van der Waals surface area contributed by atoms with Crippen LogP contribution < -0.4 is 10.2 Å². The van der Waals surface area contributed by atoms with E-state index in [4.69, 9.17) is 0 Å². The Hall–Kier alpha value is -2.94. The number of sulfone groups is 1. The highest BCUT2D eigenvalue weighted by atomic mass is 32.2. The first-order chi connectivity index (χ1) is 13.8. The molecule has 0 saturated carbocycles. The predicted octanol–water partition coefficient (Wildman–Crippen LogP) is 2.46. The summed E-state index contributed by atoms with van der Waals surface area (Å²) >= 11 is 0. The quantitative estimate of drug-likeness (QED) is 0.607. The van der Waals surface area contributed by atoms with E-state index in [1.54, 1.807) is 16.8 Å². The zero-order valence-corrected chi connectivity index (χ0v) is 17.6. The number of pyridine rings is 1. The zero-order chi connectivity index (χ0) is 21.0. The van der Waals surface area contributed by atoms with Gasteiger partial charge in [0.1, 0.15) is 23.9 Å². The van der Waals surface area contributed by atoms with E-state index in [0.717, 1.165) is 30.7 Å². The maximum absolute atomic E-state index is 12.6. The molecule has 0 bridgehead atoms. The minimum absolute atomic E-state index is 0.0385. The Labute approximate surface area is 170 Å². The number of benzene rings is 1. The van der Waals surface area contributed by atoms with Crippen LogP contribution in [0.4, 0.5) is 11.5 Å². The molecule has 3 aromatic rings. The van der Waals surface area contributed by atoms with Crippen LogP contribution in [0.25, 0.3) is 11.0 Å². The van der Waals surface area contributed by atoms with Crippen molar-refractivity contribution in [1.29, 1.82) is 0 Å². The van der Waals surface area contributed by atoms with E-state index in [1.165, 1.54) is 0 Å². The topological polar surface area (TPSA) is 97.2 Å². The molecule has 0 radical (unpaired) electrons. The molecule has 3 rings (SSSR count). The summed E-state index contributed by atoms with van der Waals surface area (Å²) < 4.78 is 25.2. The molecule has 2 aromatic heterocycles. The molecule has 1 aromatic carbocycles. The van der Waals surface area contributed by atoms with Crippen LogP contribution in [-0.4, -0.2) is 48.2 Å². The molecule has 0 spiro atoms. The van der Waals surface area contributed by atoms with Gasteiger partial charge < -0.3 is 14.8 Å². The SMILES string of the molecule is CCN(CC)c1ccc(NC(=O)Cn2c(CS(C)(=O)=O)nc3ccccc32)cn1. The van der Waals surface area contributed by atoms with Gasteiger partial charge in [-0.2, -0.15) is 0 Å². The molecule has 0 saturated heterocycles. The van der Waals surface area contributed by atoms with Gasteiger partial charge in [-0.1, -0.05) is 12.1 Å². The minimum Gasteiger partial charge on any atom is -0.357 e. The van der Waals surface area contributed by atoms with Crippen molar-refractivity contribution in [2.45, 2.75) is 26.1 Å². The third-order valence-corrected chi connectivity index (χ3v) is 5.33. The lowest BCUT2D eigenvalue weighted by Crippen LogP contribution is -2.23. The number of nitrogens with zero attached hydrogens (tertiary/aromatic N) is 4. The van der Waals surface area contributed by atoms with Gasteiger partial charge in [0.25, 0.3) is 0 Å². The number of rotatable bonds is 8. The van der Waals surface area contributed by atoms with Crippen LogP contribution >= 0.6 is 0 Å². The number of para-hydroxylation sites is 2. The van der Waals surface area contributed by atoms with Crippen molar-refractivity contribution in [3.05, 3.63) is 48.4 Å². The number of imidazole rings is 1. The predicted molar refractivity (Wildman–Crippen MR) is 115 cm³/mol. The molecule has 0 unspecified atom stereocenters. The van der Waals surface area contributed by atoms with E-state index in [2.05, 4.69) is 34.0 Å². The fourth-order valence-electron chi connectivity index (χ4n) is 3.19. The van der Waals surface area contributed by atoms with Crippen molar-refractivity contribution < 1.29 is 13.2 Å². The van der Waals surface area contributed by atoms with Gasteiger partial charge in [-0.05, 0) is 38.1 Å². The first kappa shape index (κ1) is 20.8. The molecule has 0 aliphatic carbocycles. The number of hydrogen-bond donors (Lipinski definition) is 1. The average molecular weight is 416 g/mol. The number of carbonyl (C=O) groups is 1. The van der Waals surface area contributed by atoms with Crippen LogP contribution in [0.3, 0.4) is 0 Å². The highest BCUT2D eigenvalue weighted by molar-refractivity contribution is 7.89. The van der Waals surface area contributed by atoms with Crippen molar-refractivity contribution >= 4 is 38.3 Å². The van der Waals surface area contributed by atoms with Gasteiger partial charge in [0.05, 0.1) is 22.9 Å². The molecular weight excluding hydrogens is 390 g/mol. The van der Waals surface area contributed by atoms with Crippen LogP contribution in [0.1, 0.15) is 19.7 Å². The van der Waals surface area contributed by atoms with Gasteiger partial charge in [0.2, 0.25) is 5.91 Å². The van der Waals surface area contributed by atoms with E-state index in [1.807, 2.05) is 30.3 Å². The largest absolute Gasteiger partial charge is 0.357 e. The summed E-state index contributed by atoms with van der Waals surface area (Å²) in [6.07, 6.45) is 2.77. The lowest BCUT2D eigenvalue weighted by Gasteiger charge is -2.19. The van der Waals surface area contributed by atoms with Crippen LogP contribution in [0.2, 0.25) is 0 Å². The van der Waals surface area contributed by atoms with Crippen molar-refractivity contribution in [1.82, 2.24) is 14.5 Å². The Balaban J connectivity index is 1.80. The standard InChI is InChI=1S/C20H25N5O3S/c1-4-24(5-2)18-11-10-15(12-21-18)22-20(26)13-25-17-9-7-6-8-16(17)23-19(25)14-29(3,27)28/h6-12H,4-5,13-14H2,1-3H3,(H,22,26). The summed E-state index contributed by atoms with van der Waals surface area (Å²) in [6, 6.07) is 10.9. The Morgan fingerprint density at radius 1 is 1.14 bits per heavy atom. The van der Waals surface area contributed by atoms with Crippen molar-refractivity contribution in [2.24, 2.45) is 0 Å². The average Bonchev–Trinajstić information content (AvgIpc) is 2.99. The molecule has 1 N–H and O–H groups in total. The summed E-state index contributed by atoms with van der Waals surface area (Å²) in [5, 5.41) is 2.82. The highest BCUT2D eigenvalue weighted by Gasteiger charge is 2.17. The molecule has 0 fully saturated rings. The van der Waals surface area contributed by atoms with Gasteiger partial charge in [-0.15, -0.1) is 0 Å². The normalized spacial score (nSPS) is 11.6. The Bertz CT molecular complexity index is 1100. The summed E-state index contributed by atoms with van der Waals surface area (Å²) in [7, 11) is -3.29. The molecule has 8 nitrogen and oxygen atoms in total. The molecule has 1 amide bonds. The maximum atomic E-state index is 12.6. The Morgan fingerprint density at radius 2 is 1.86 bits per heavy atom. The number of anilines is 2. The van der Waals surface area contributed by atoms with Gasteiger partial charge >= 0.3 is 0 Å². The fourth-order valence-corrected chi connectivity index (χ4v) is 3.87. The third kappa shape index (κ3) is 5.11. The number of amides is 1. The first-order valence-electron chi connectivity index (χ1n) is 9.43. The number of aromatic nitrogens is 3. The fraction of sp³-hybridized carbons (Fsp3) is 0.350. The highest BCUT2D eigenvalue weighted by Crippen LogP contribution is 2.19. The molecular formula is C20H25N5O3S. The summed E-state index contributed by atoms with van der Waals surface area (Å²) in [5.41, 5.74) is 1.96. The molecule has 0 atom stereocenters. The van der Waals surface area contributed by atoms with Crippen LogP contribution in [0.15, 0.2) is 42.6 Å².